The van der Waals surface area contributed by atoms with E-state index in [4.69, 9.17) is 0 Å². The summed E-state index contributed by atoms with van der Waals surface area (Å²) in [5.74, 6) is 0. The van der Waals surface area contributed by atoms with Gasteiger partial charge in [-0.25, -0.2) is 0 Å². The van der Waals surface area contributed by atoms with Crippen molar-refractivity contribution in [1.82, 2.24) is 0 Å². The molecule has 0 aliphatic heterocycles. The second-order valence-corrected chi connectivity index (χ2v) is 0. The molecule has 0 aromatic heterocycles. The van der Waals surface area contributed by atoms with Crippen molar-refractivity contribution in [2.24, 2.45) is 0 Å². The van der Waals surface area contributed by atoms with Crippen LogP contribution in [0.15, 0.2) is 0 Å². The number of rotatable bonds is 0. The van der Waals surface area contributed by atoms with Crippen molar-refractivity contribution in [3.63, 3.8) is 0 Å². The summed E-state index contributed by atoms with van der Waals surface area (Å²) in [5.41, 5.74) is 0. The van der Waals surface area contributed by atoms with Gasteiger partial charge in [0.1, 0.15) is 0 Å². The molecule has 0 unspecified atom stereocenters. The van der Waals surface area contributed by atoms with Crippen molar-refractivity contribution < 1.29 is 284 Å². The van der Waals surface area contributed by atoms with E-state index in [-0.39, 0.29) is 284 Å². The smallest absolute Gasteiger partial charge is 1.00 e. The Hall–Kier alpha value is 4.19. The number of hydrogen-bond acceptors (Lipinski definition) is 0. The monoisotopic (exact) mass is 970 g/mol. The third-order valence-corrected chi connectivity index (χ3v) is 0. The minimum Gasteiger partial charge on any atom is -1.00 e. The summed E-state index contributed by atoms with van der Waals surface area (Å²) >= 11 is 0. The minimum absolute atomic E-state index is 0. The predicted octanol–water partition coefficient (Wildman–Crippen LogP) is -32.3. The van der Waals surface area contributed by atoms with Crippen LogP contribution in [0.1, 0.15) is 0 Å². The maximum absolute atomic E-state index is 0. The van der Waals surface area contributed by atoms with Gasteiger partial charge in [-0.2, -0.15) is 0 Å². The normalized spacial score (nSPS) is 0. The van der Waals surface area contributed by atoms with Crippen LogP contribution in [0.2, 0.25) is 0 Å². The quantitative estimate of drug-likeness (QED) is 0.218. The Morgan fingerprint density at radius 3 is 0.103 bits per heavy atom. The van der Waals surface area contributed by atoms with Gasteiger partial charge in [-0.05, 0) is 0 Å². The Labute approximate surface area is 280 Å². The molecule has 208 valence electrons. The first-order valence-electron chi connectivity index (χ1n) is 0. The van der Waals surface area contributed by atoms with Crippen LogP contribution in [0, 0.1) is 107 Å². The second kappa shape index (κ2) is 1780. The van der Waals surface area contributed by atoms with E-state index in [2.05, 4.69) is 0 Å². The van der Waals surface area contributed by atoms with Crippen molar-refractivity contribution in [2.45, 2.75) is 0 Å². The average Bonchev–Trinajstić information content (AvgIpc) is 0. The second-order valence-electron chi connectivity index (χ2n) is 0. The van der Waals surface area contributed by atoms with Gasteiger partial charge in [0.2, 0.25) is 0 Å². The summed E-state index contributed by atoms with van der Waals surface area (Å²) in [6, 6.07) is 0. The van der Waals surface area contributed by atoms with Crippen LogP contribution in [0.4, 0.5) is 0 Å². The van der Waals surface area contributed by atoms with Crippen LogP contribution < -0.4 is 62.0 Å². The van der Waals surface area contributed by atoms with Gasteiger partial charge in [0.25, 0.3) is 0 Å². The van der Waals surface area contributed by atoms with Gasteiger partial charge in [0, 0.05) is 0 Å². The third-order valence-electron chi connectivity index (χ3n) is 0. The summed E-state index contributed by atoms with van der Waals surface area (Å²) in [6.07, 6.45) is 0. The molecule has 29 heteroatoms. The Bertz CT molecular complexity index is 32.3. The molecule has 21 nitrogen and oxygen atoms in total. The third kappa shape index (κ3) is 1670. The molecule has 0 fully saturated rings. The van der Waals surface area contributed by atoms with Crippen LogP contribution >= 0.6 is 0 Å². The maximum atomic E-state index is 0. The molecule has 0 amide bonds. The molecule has 0 radical (unpaired) electrons. The molecule has 0 aromatic rings. The molecular formula is H42Cl5La3O21+4. The zero-order chi connectivity index (χ0) is 0. The van der Waals surface area contributed by atoms with Crippen LogP contribution in [0.3, 0.4) is 0 Å². The molecule has 0 aliphatic carbocycles. The zero-order valence-electron chi connectivity index (χ0n) is 14.1. The summed E-state index contributed by atoms with van der Waals surface area (Å²) in [4.78, 5) is 0. The summed E-state index contributed by atoms with van der Waals surface area (Å²) in [6.45, 7) is 0. The van der Waals surface area contributed by atoms with E-state index in [0.29, 0.717) is 0 Å². The molecule has 0 spiro atoms. The summed E-state index contributed by atoms with van der Waals surface area (Å²) in [5, 5.41) is 0. The van der Waals surface area contributed by atoms with Crippen molar-refractivity contribution >= 4 is 0 Å². The molecule has 0 saturated carbocycles. The van der Waals surface area contributed by atoms with Gasteiger partial charge in [0.05, 0.1) is 0 Å². The molecule has 0 saturated heterocycles. The summed E-state index contributed by atoms with van der Waals surface area (Å²) in [7, 11) is 0. The van der Waals surface area contributed by atoms with Crippen LogP contribution in [0.5, 0.6) is 0 Å². The van der Waals surface area contributed by atoms with Crippen molar-refractivity contribution in [2.75, 3.05) is 0 Å². The van der Waals surface area contributed by atoms with Crippen LogP contribution in [-0.2, 0) is 0 Å². The number of hydrogen-bond donors (Lipinski definition) is 0. The molecule has 0 aromatic carbocycles. The van der Waals surface area contributed by atoms with E-state index in [1.807, 2.05) is 0 Å². The Kier molecular flexibility index (Phi) is 120000. The molecular weight excluding hydrogens is 930 g/mol. The Morgan fingerprint density at radius 2 is 0.103 bits per heavy atom. The van der Waals surface area contributed by atoms with Gasteiger partial charge in [-0.3, -0.25) is 0 Å². The van der Waals surface area contributed by atoms with Gasteiger partial charge in [0.15, 0.2) is 0 Å². The van der Waals surface area contributed by atoms with Gasteiger partial charge >= 0.3 is 107 Å². The topological polar surface area (TPSA) is 662 Å². The molecule has 0 bridgehead atoms. The van der Waals surface area contributed by atoms with E-state index in [1.165, 1.54) is 0 Å². The average molecular weight is 972 g/mol. The van der Waals surface area contributed by atoms with E-state index in [1.54, 1.807) is 0 Å². The first-order valence-corrected chi connectivity index (χ1v) is 0. The van der Waals surface area contributed by atoms with Crippen molar-refractivity contribution in [3.8, 4) is 0 Å². The molecule has 0 heterocycles. The van der Waals surface area contributed by atoms with E-state index in [0.717, 1.165) is 0 Å². The SMILES string of the molecule is O.O.O.O.O.O.O.O.O.O.O.O.O.O.O.O.O.O.O.O.O.[Cl-].[Cl-].[Cl-].[Cl-].[Cl-].[La+3].[La+3].[La+3]. The number of halogens is 5. The van der Waals surface area contributed by atoms with Crippen molar-refractivity contribution in [1.29, 1.82) is 0 Å². The summed E-state index contributed by atoms with van der Waals surface area (Å²) < 4.78 is 0. The first kappa shape index (κ1) is 1960. The van der Waals surface area contributed by atoms with Crippen LogP contribution in [-0.4, -0.2) is 115 Å². The predicted molar refractivity (Wildman–Crippen MR) is 75.9 cm³/mol. The fourth-order valence-electron chi connectivity index (χ4n) is 0. The maximum Gasteiger partial charge on any atom is 3.00 e. The first-order chi connectivity index (χ1) is 0. The fraction of sp³-hybridized carbons (Fsp3) is 0. The Balaban J connectivity index is 0. The molecule has 0 aliphatic rings. The molecule has 42 N–H and O–H groups in total. The molecule has 0 rings (SSSR count). The van der Waals surface area contributed by atoms with Crippen LogP contribution in [0.25, 0.3) is 0 Å². The van der Waals surface area contributed by atoms with Gasteiger partial charge < -0.3 is 177 Å². The largest absolute Gasteiger partial charge is 3.00 e. The zero-order valence-corrected chi connectivity index (χ0v) is 28.8. The fourth-order valence-corrected chi connectivity index (χ4v) is 0. The van der Waals surface area contributed by atoms with Crippen molar-refractivity contribution in [3.05, 3.63) is 0 Å². The van der Waals surface area contributed by atoms with E-state index >= 15 is 0 Å². The molecule has 0 atom stereocenters. The van der Waals surface area contributed by atoms with Gasteiger partial charge in [-0.1, -0.05) is 0 Å². The standard InChI is InChI=1S/5ClH.3La.21H2O/h5*1H;;;;21*1H2/q;;;;;3*+3;;;;;;;;;;;;;;;;;;;;;/p-5. The van der Waals surface area contributed by atoms with Gasteiger partial charge in [-0.15, -0.1) is 0 Å². The van der Waals surface area contributed by atoms with E-state index in [9.17, 15) is 0 Å². The molecule has 29 heavy (non-hydrogen) atoms. The minimum atomic E-state index is 0. The Morgan fingerprint density at radius 1 is 0.103 bits per heavy atom. The van der Waals surface area contributed by atoms with E-state index < -0.39 is 0 Å².